The number of fused-ring (bicyclic) bond motifs is 2. The van der Waals surface area contributed by atoms with Gasteiger partial charge in [-0.25, -0.2) is 0 Å². The summed E-state index contributed by atoms with van der Waals surface area (Å²) >= 11 is 0. The molecule has 0 aromatic heterocycles. The molecule has 6 heteroatoms. The fraction of sp³-hybridized carbons (Fsp3) is 0.396. The molecule has 0 N–H and O–H groups in total. The predicted molar refractivity (Wildman–Crippen MR) is 232 cm³/mol. The molecule has 4 saturated carbocycles. The van der Waals surface area contributed by atoms with Crippen molar-refractivity contribution in [2.45, 2.75) is 102 Å². The minimum Gasteiger partial charge on any atom is -0.493 e. The van der Waals surface area contributed by atoms with Gasteiger partial charge in [0.25, 0.3) is 0 Å². The van der Waals surface area contributed by atoms with Crippen molar-refractivity contribution < 1.29 is 27.4 Å². The summed E-state index contributed by atoms with van der Waals surface area (Å²) in [6.45, 7) is 5.30. The monoisotopic (exact) mass is 796 g/mol. The fourth-order valence-corrected chi connectivity index (χ4v) is 10.9. The molecule has 4 bridgehead atoms. The smallest absolute Gasteiger partial charge is 0.394 e. The molecule has 0 heterocycles. The Morgan fingerprint density at radius 2 is 1.02 bits per heavy atom. The molecule has 4 fully saturated rings. The van der Waals surface area contributed by atoms with Gasteiger partial charge in [0.2, 0.25) is 0 Å². The molecular formula is C53H55F3O3. The molecule has 0 spiro atoms. The number of rotatable bonds is 14. The molecule has 0 radical (unpaired) electrons. The van der Waals surface area contributed by atoms with Crippen LogP contribution in [0.2, 0.25) is 0 Å². The van der Waals surface area contributed by atoms with Gasteiger partial charge in [-0.15, -0.1) is 0 Å². The summed E-state index contributed by atoms with van der Waals surface area (Å²) in [4.78, 5) is 0. The first-order valence-corrected chi connectivity index (χ1v) is 21.7. The maximum atomic E-state index is 13.1. The second kappa shape index (κ2) is 16.2. The quantitative estimate of drug-likeness (QED) is 0.103. The van der Waals surface area contributed by atoms with E-state index in [4.69, 9.17) is 14.2 Å². The molecule has 0 saturated heterocycles. The van der Waals surface area contributed by atoms with Gasteiger partial charge in [0.15, 0.2) is 0 Å². The van der Waals surface area contributed by atoms with E-state index in [-0.39, 0.29) is 23.4 Å². The first kappa shape index (κ1) is 39.5. The summed E-state index contributed by atoms with van der Waals surface area (Å²) in [5, 5.41) is 4.78. The van der Waals surface area contributed by atoms with Crippen molar-refractivity contribution in [3.63, 3.8) is 0 Å². The van der Waals surface area contributed by atoms with Gasteiger partial charge in [-0.1, -0.05) is 87.5 Å². The maximum Gasteiger partial charge on any atom is 0.394 e. The van der Waals surface area contributed by atoms with Gasteiger partial charge < -0.3 is 14.2 Å². The van der Waals surface area contributed by atoms with E-state index in [1.165, 1.54) is 65.8 Å². The highest BCUT2D eigenvalue weighted by Crippen LogP contribution is 2.57. The van der Waals surface area contributed by atoms with Crippen molar-refractivity contribution in [3.8, 4) is 23.0 Å². The Kier molecular flexibility index (Phi) is 10.9. The summed E-state index contributed by atoms with van der Waals surface area (Å²) in [5.41, 5.74) is 3.71. The maximum absolute atomic E-state index is 13.1. The van der Waals surface area contributed by atoms with Crippen LogP contribution in [0.25, 0.3) is 21.5 Å². The largest absolute Gasteiger partial charge is 0.493 e. The Bertz CT molecular complexity index is 2330. The van der Waals surface area contributed by atoms with Gasteiger partial charge in [-0.05, 0) is 186 Å². The van der Waals surface area contributed by atoms with Crippen molar-refractivity contribution >= 4 is 21.5 Å². The van der Waals surface area contributed by atoms with Crippen LogP contribution >= 0.6 is 0 Å². The highest BCUT2D eigenvalue weighted by molar-refractivity contribution is 5.98. The molecule has 4 aliphatic rings. The van der Waals surface area contributed by atoms with Gasteiger partial charge in [0.05, 0.1) is 12.5 Å². The highest BCUT2D eigenvalue weighted by Gasteiger charge is 2.52. The van der Waals surface area contributed by atoms with E-state index in [1.807, 2.05) is 18.2 Å². The molecule has 10 rings (SSSR count). The Morgan fingerprint density at radius 1 is 0.542 bits per heavy atom. The molecule has 6 aromatic carbocycles. The Hall–Kier alpha value is -4.97. The van der Waals surface area contributed by atoms with Gasteiger partial charge >= 0.3 is 6.18 Å². The number of alkyl halides is 3. The topological polar surface area (TPSA) is 27.7 Å². The summed E-state index contributed by atoms with van der Waals surface area (Å²) in [6, 6.07) is 44.2. The molecule has 4 unspecified atom stereocenters. The lowest BCUT2D eigenvalue weighted by Gasteiger charge is -2.56. The van der Waals surface area contributed by atoms with Crippen LogP contribution in [0.15, 0.2) is 127 Å². The van der Waals surface area contributed by atoms with Gasteiger partial charge in [0.1, 0.15) is 28.6 Å². The summed E-state index contributed by atoms with van der Waals surface area (Å²) in [6.07, 6.45) is 5.38. The van der Waals surface area contributed by atoms with E-state index < -0.39 is 18.7 Å². The van der Waals surface area contributed by atoms with E-state index in [1.54, 1.807) is 12.1 Å². The molecule has 0 amide bonds. The van der Waals surface area contributed by atoms with Gasteiger partial charge in [-0.2, -0.15) is 13.2 Å². The average molecular weight is 797 g/mol. The van der Waals surface area contributed by atoms with Crippen LogP contribution in [-0.2, 0) is 0 Å². The Morgan fingerprint density at radius 3 is 1.58 bits per heavy atom. The number of hydrogen-bond donors (Lipinski definition) is 0. The highest BCUT2D eigenvalue weighted by atomic mass is 19.4. The Balaban J connectivity index is 0.897. The lowest BCUT2D eigenvalue weighted by Crippen LogP contribution is -2.53. The SMILES string of the molecule is CC(CC(CC(C)c1ccc(Oc2ccc3cc4ccccc4cc3c2)cc1)c1ccc(OC23CC4CC(CC(C4)C2)C3)cc1)c1ccc(OCC(C)C(F)(F)F)cc1. The summed E-state index contributed by atoms with van der Waals surface area (Å²) in [7, 11) is 0. The zero-order valence-corrected chi connectivity index (χ0v) is 34.4. The van der Waals surface area contributed by atoms with Crippen LogP contribution < -0.4 is 14.2 Å². The van der Waals surface area contributed by atoms with E-state index in [0.717, 1.165) is 65.7 Å². The first-order valence-electron chi connectivity index (χ1n) is 21.7. The van der Waals surface area contributed by atoms with Crippen molar-refractivity contribution in [2.24, 2.45) is 23.7 Å². The van der Waals surface area contributed by atoms with Gasteiger partial charge in [0, 0.05) is 0 Å². The minimum absolute atomic E-state index is 0.0123. The predicted octanol–water partition coefficient (Wildman–Crippen LogP) is 15.2. The van der Waals surface area contributed by atoms with E-state index in [9.17, 15) is 13.2 Å². The van der Waals surface area contributed by atoms with Crippen molar-refractivity contribution in [2.75, 3.05) is 6.61 Å². The van der Waals surface area contributed by atoms with Crippen molar-refractivity contribution in [3.05, 3.63) is 144 Å². The van der Waals surface area contributed by atoms with E-state index in [2.05, 4.69) is 111 Å². The van der Waals surface area contributed by atoms with Crippen molar-refractivity contribution in [1.29, 1.82) is 0 Å². The second-order valence-electron chi connectivity index (χ2n) is 18.4. The zero-order chi connectivity index (χ0) is 40.7. The van der Waals surface area contributed by atoms with Gasteiger partial charge in [-0.3, -0.25) is 0 Å². The second-order valence-corrected chi connectivity index (χ2v) is 18.4. The normalized spacial score (nSPS) is 23.2. The zero-order valence-electron chi connectivity index (χ0n) is 34.4. The molecule has 6 aromatic rings. The summed E-state index contributed by atoms with van der Waals surface area (Å²) < 4.78 is 58.0. The van der Waals surface area contributed by atoms with E-state index >= 15 is 0 Å². The standard InChI is InChI=1S/C53H55F3O3/c1-34(40-8-15-48(16-9-40)57-33-36(3)53(54,55)56)22-46(42-12-19-50(20-13-42)59-52-30-37-24-38(31-52)26-39(25-37)32-52)23-35(2)41-10-17-49(18-11-41)58-51-21-14-45-27-43-6-4-5-7-44(43)28-47(45)29-51/h4-21,27-29,34-39,46H,22-26,30-33H2,1-3H3. The fourth-order valence-electron chi connectivity index (χ4n) is 10.9. The lowest BCUT2D eigenvalue weighted by atomic mass is 9.54. The van der Waals surface area contributed by atoms with Crippen molar-refractivity contribution in [1.82, 2.24) is 0 Å². The first-order chi connectivity index (χ1) is 28.4. The molecule has 0 aliphatic heterocycles. The van der Waals surface area contributed by atoms with Crippen LogP contribution in [0.4, 0.5) is 13.2 Å². The number of hydrogen-bond acceptors (Lipinski definition) is 3. The van der Waals surface area contributed by atoms with Crippen LogP contribution in [0.1, 0.15) is 107 Å². The third-order valence-electron chi connectivity index (χ3n) is 13.8. The van der Waals surface area contributed by atoms with Crippen LogP contribution in [0.5, 0.6) is 23.0 Å². The third kappa shape index (κ3) is 8.98. The number of halogens is 3. The molecular weight excluding hydrogens is 742 g/mol. The molecule has 4 aliphatic carbocycles. The van der Waals surface area contributed by atoms with Crippen LogP contribution in [0.3, 0.4) is 0 Å². The van der Waals surface area contributed by atoms with Crippen LogP contribution in [0, 0.1) is 23.7 Å². The molecule has 4 atom stereocenters. The number of benzene rings is 6. The van der Waals surface area contributed by atoms with Crippen LogP contribution in [-0.4, -0.2) is 18.4 Å². The number of ether oxygens (including phenoxy) is 3. The molecule has 59 heavy (non-hydrogen) atoms. The van der Waals surface area contributed by atoms with E-state index in [0.29, 0.717) is 5.75 Å². The average Bonchev–Trinajstić information content (AvgIpc) is 3.21. The third-order valence-corrected chi connectivity index (χ3v) is 13.8. The lowest BCUT2D eigenvalue weighted by molar-refractivity contribution is -0.176. The molecule has 3 nitrogen and oxygen atoms in total. The summed E-state index contributed by atoms with van der Waals surface area (Å²) in [5.74, 6) is 4.80. The minimum atomic E-state index is -4.27. The Labute approximate surface area is 346 Å². The molecule has 306 valence electrons.